The molecule has 17 heavy (non-hydrogen) atoms. The first-order valence-corrected chi connectivity index (χ1v) is 6.36. The maximum Gasteiger partial charge on any atom is 0.238 e. The molecule has 5 nitrogen and oxygen atoms in total. The number of nitrogen functional groups attached to an aromatic ring is 1. The van der Waals surface area contributed by atoms with Crippen LogP contribution in [0, 0.1) is 0 Å². The van der Waals surface area contributed by atoms with Crippen LogP contribution in [-0.2, 0) is 10.0 Å². The van der Waals surface area contributed by atoms with Crippen molar-refractivity contribution < 1.29 is 8.42 Å². The number of hydrogen-bond donors (Lipinski definition) is 2. The number of primary sulfonamides is 1. The minimum Gasteiger partial charge on any atom is -0.399 e. The zero-order valence-electron chi connectivity index (χ0n) is 8.87. The third-order valence-corrected chi connectivity index (χ3v) is 3.27. The Kier molecular flexibility index (Phi) is 2.83. The average molecular weight is 249 g/mol. The fraction of sp³-hybridized carbons (Fsp3) is 0. The second-order valence-electron chi connectivity index (χ2n) is 3.54. The lowest BCUT2D eigenvalue weighted by molar-refractivity contribution is 0.598. The van der Waals surface area contributed by atoms with Gasteiger partial charge in [0.1, 0.15) is 0 Å². The largest absolute Gasteiger partial charge is 0.399 e. The molecule has 0 aliphatic carbocycles. The summed E-state index contributed by atoms with van der Waals surface area (Å²) in [4.78, 5) is 3.93. The average Bonchev–Trinajstić information content (AvgIpc) is 2.28. The Labute approximate surface area is 99.1 Å². The van der Waals surface area contributed by atoms with Gasteiger partial charge in [0.05, 0.1) is 4.90 Å². The van der Waals surface area contributed by atoms with Crippen molar-refractivity contribution >= 4 is 15.7 Å². The SMILES string of the molecule is Nc1ccc(S(N)(=O)=O)c(-c2ccncc2)c1. The van der Waals surface area contributed by atoms with E-state index in [1.807, 2.05) is 0 Å². The van der Waals surface area contributed by atoms with Gasteiger partial charge >= 0.3 is 0 Å². The third-order valence-electron chi connectivity index (χ3n) is 2.30. The maximum absolute atomic E-state index is 11.5. The third kappa shape index (κ3) is 2.43. The highest BCUT2D eigenvalue weighted by atomic mass is 32.2. The molecule has 0 bridgehead atoms. The summed E-state index contributed by atoms with van der Waals surface area (Å²) in [6.45, 7) is 0. The molecule has 0 saturated carbocycles. The van der Waals surface area contributed by atoms with E-state index in [1.165, 1.54) is 12.1 Å². The molecule has 1 aromatic carbocycles. The lowest BCUT2D eigenvalue weighted by Crippen LogP contribution is -2.13. The smallest absolute Gasteiger partial charge is 0.238 e. The van der Waals surface area contributed by atoms with Crippen molar-refractivity contribution in [2.45, 2.75) is 4.90 Å². The molecular weight excluding hydrogens is 238 g/mol. The topological polar surface area (TPSA) is 99.1 Å². The van der Waals surface area contributed by atoms with Gasteiger partial charge in [-0.1, -0.05) is 0 Å². The molecular formula is C11H11N3O2S. The molecule has 0 atom stereocenters. The lowest BCUT2D eigenvalue weighted by Gasteiger charge is -2.08. The van der Waals surface area contributed by atoms with Crippen LogP contribution in [0.4, 0.5) is 5.69 Å². The van der Waals surface area contributed by atoms with E-state index in [4.69, 9.17) is 10.9 Å². The van der Waals surface area contributed by atoms with E-state index >= 15 is 0 Å². The van der Waals surface area contributed by atoms with Crippen LogP contribution in [0.15, 0.2) is 47.6 Å². The quantitative estimate of drug-likeness (QED) is 0.775. The van der Waals surface area contributed by atoms with E-state index in [-0.39, 0.29) is 4.90 Å². The lowest BCUT2D eigenvalue weighted by atomic mass is 10.1. The number of sulfonamides is 1. The van der Waals surface area contributed by atoms with Gasteiger partial charge in [-0.05, 0) is 35.9 Å². The zero-order valence-corrected chi connectivity index (χ0v) is 9.68. The maximum atomic E-state index is 11.5. The molecule has 88 valence electrons. The van der Waals surface area contributed by atoms with Crippen LogP contribution in [0.2, 0.25) is 0 Å². The fourth-order valence-electron chi connectivity index (χ4n) is 1.55. The van der Waals surface area contributed by atoms with Crippen LogP contribution >= 0.6 is 0 Å². The van der Waals surface area contributed by atoms with Crippen molar-refractivity contribution in [1.82, 2.24) is 4.98 Å². The van der Waals surface area contributed by atoms with E-state index in [0.717, 1.165) is 0 Å². The predicted molar refractivity (Wildman–Crippen MR) is 65.5 cm³/mol. The Balaban J connectivity index is 2.72. The number of pyridine rings is 1. The van der Waals surface area contributed by atoms with E-state index in [9.17, 15) is 8.42 Å². The zero-order chi connectivity index (χ0) is 12.5. The number of hydrogen-bond acceptors (Lipinski definition) is 4. The number of anilines is 1. The normalized spacial score (nSPS) is 11.4. The first-order valence-electron chi connectivity index (χ1n) is 4.81. The van der Waals surface area contributed by atoms with Gasteiger partial charge in [-0.15, -0.1) is 0 Å². The molecule has 1 heterocycles. The van der Waals surface area contributed by atoms with Gasteiger partial charge in [0, 0.05) is 23.6 Å². The summed E-state index contributed by atoms with van der Waals surface area (Å²) in [5.41, 5.74) is 7.32. The van der Waals surface area contributed by atoms with Crippen LogP contribution in [-0.4, -0.2) is 13.4 Å². The van der Waals surface area contributed by atoms with Crippen molar-refractivity contribution in [2.75, 3.05) is 5.73 Å². The molecule has 0 saturated heterocycles. The van der Waals surface area contributed by atoms with Gasteiger partial charge in [-0.3, -0.25) is 4.98 Å². The standard InChI is InChI=1S/C11H11N3O2S/c12-9-1-2-11(17(13,15)16)10(7-9)8-3-5-14-6-4-8/h1-7H,12H2,(H2,13,15,16). The molecule has 0 fully saturated rings. The minimum absolute atomic E-state index is 0.0536. The van der Waals surface area contributed by atoms with E-state index in [1.54, 1.807) is 30.6 Å². The number of nitrogens with zero attached hydrogens (tertiary/aromatic N) is 1. The highest BCUT2D eigenvalue weighted by Gasteiger charge is 2.15. The van der Waals surface area contributed by atoms with Crippen LogP contribution in [0.5, 0.6) is 0 Å². The van der Waals surface area contributed by atoms with E-state index in [2.05, 4.69) is 4.98 Å². The summed E-state index contributed by atoms with van der Waals surface area (Å²) in [5.74, 6) is 0. The van der Waals surface area contributed by atoms with Gasteiger partial charge in [0.25, 0.3) is 0 Å². The second kappa shape index (κ2) is 4.15. The van der Waals surface area contributed by atoms with Crippen LogP contribution in [0.1, 0.15) is 0 Å². The fourth-order valence-corrected chi connectivity index (χ4v) is 2.29. The molecule has 0 aliphatic rings. The summed E-state index contributed by atoms with van der Waals surface area (Å²) < 4.78 is 22.9. The van der Waals surface area contributed by atoms with Crippen LogP contribution in [0.25, 0.3) is 11.1 Å². The second-order valence-corrected chi connectivity index (χ2v) is 5.07. The number of nitrogens with two attached hydrogens (primary N) is 2. The highest BCUT2D eigenvalue weighted by molar-refractivity contribution is 7.89. The Bertz CT molecular complexity index is 639. The summed E-state index contributed by atoms with van der Waals surface area (Å²) in [5, 5.41) is 5.16. The molecule has 2 rings (SSSR count). The van der Waals surface area contributed by atoms with Gasteiger partial charge < -0.3 is 5.73 Å². The number of aromatic nitrogens is 1. The first kappa shape index (κ1) is 11.6. The van der Waals surface area contributed by atoms with Crippen molar-refractivity contribution in [3.63, 3.8) is 0 Å². The molecule has 0 unspecified atom stereocenters. The molecule has 1 aromatic heterocycles. The molecule has 0 radical (unpaired) electrons. The molecule has 2 aromatic rings. The monoisotopic (exact) mass is 249 g/mol. The molecule has 0 aliphatic heterocycles. The van der Waals surface area contributed by atoms with Crippen LogP contribution < -0.4 is 10.9 Å². The first-order chi connectivity index (χ1) is 7.98. The van der Waals surface area contributed by atoms with Gasteiger partial charge in [0.15, 0.2) is 0 Å². The molecule has 6 heteroatoms. The molecule has 0 amide bonds. The van der Waals surface area contributed by atoms with Crippen molar-refractivity contribution in [2.24, 2.45) is 5.14 Å². The summed E-state index contributed by atoms with van der Waals surface area (Å²) in [6, 6.07) is 7.88. The van der Waals surface area contributed by atoms with E-state index < -0.39 is 10.0 Å². The van der Waals surface area contributed by atoms with Gasteiger partial charge in [0.2, 0.25) is 10.0 Å². The van der Waals surface area contributed by atoms with Gasteiger partial charge in [-0.25, -0.2) is 13.6 Å². The van der Waals surface area contributed by atoms with Crippen LogP contribution in [0.3, 0.4) is 0 Å². The predicted octanol–water partition coefficient (Wildman–Crippen LogP) is 0.978. The summed E-state index contributed by atoms with van der Waals surface area (Å²) >= 11 is 0. The highest BCUT2D eigenvalue weighted by Crippen LogP contribution is 2.28. The van der Waals surface area contributed by atoms with Crippen molar-refractivity contribution in [1.29, 1.82) is 0 Å². The molecule has 4 N–H and O–H groups in total. The van der Waals surface area contributed by atoms with Crippen molar-refractivity contribution in [3.05, 3.63) is 42.7 Å². The minimum atomic E-state index is -3.77. The summed E-state index contributed by atoms with van der Waals surface area (Å²) in [7, 11) is -3.77. The van der Waals surface area contributed by atoms with Crippen molar-refractivity contribution in [3.8, 4) is 11.1 Å². The number of rotatable bonds is 2. The van der Waals surface area contributed by atoms with Gasteiger partial charge in [-0.2, -0.15) is 0 Å². The Morgan fingerprint density at radius 2 is 1.71 bits per heavy atom. The summed E-state index contributed by atoms with van der Waals surface area (Å²) in [6.07, 6.45) is 3.15. The molecule has 0 spiro atoms. The Morgan fingerprint density at radius 3 is 2.29 bits per heavy atom. The Morgan fingerprint density at radius 1 is 1.06 bits per heavy atom. The Hall–Kier alpha value is -1.92. The van der Waals surface area contributed by atoms with E-state index in [0.29, 0.717) is 16.8 Å². The number of benzene rings is 1.